The first-order chi connectivity index (χ1) is 5.61. The first-order valence-electron chi connectivity index (χ1n) is 3.36. The van der Waals surface area contributed by atoms with E-state index in [1.54, 1.807) is 12.1 Å². The Bertz CT molecular complexity index is 282. The van der Waals surface area contributed by atoms with E-state index in [1.807, 2.05) is 19.1 Å². The van der Waals surface area contributed by atoms with Crippen molar-refractivity contribution >= 4 is 34.0 Å². The molecule has 1 nitrogen and oxygen atoms in total. The lowest BCUT2D eigenvalue weighted by Crippen LogP contribution is -1.99. The lowest BCUT2D eigenvalue weighted by atomic mass is 10.2. The molecular formula is C8H8Cl2OS. The van der Waals surface area contributed by atoms with Gasteiger partial charge in [-0.25, -0.2) is 0 Å². The topological polar surface area (TPSA) is 17.1 Å². The van der Waals surface area contributed by atoms with Gasteiger partial charge in [-0.1, -0.05) is 40.9 Å². The maximum Gasteiger partial charge on any atom is 0.186 e. The minimum atomic E-state index is -1.31. The number of hydrogen-bond donors (Lipinski definition) is 0. The predicted molar refractivity (Wildman–Crippen MR) is 53.1 cm³/mol. The van der Waals surface area contributed by atoms with Crippen molar-refractivity contribution in [3.05, 3.63) is 29.8 Å². The van der Waals surface area contributed by atoms with Crippen LogP contribution in [0.1, 0.15) is 5.56 Å². The summed E-state index contributed by atoms with van der Waals surface area (Å²) in [5, 5.41) is 0. The number of rotatable bonds is 2. The van der Waals surface area contributed by atoms with Gasteiger partial charge in [-0.05, 0) is 19.1 Å². The second kappa shape index (κ2) is 4.26. The van der Waals surface area contributed by atoms with Gasteiger partial charge < -0.3 is 0 Å². The van der Waals surface area contributed by atoms with Gasteiger partial charge in [-0.15, -0.1) is 0 Å². The van der Waals surface area contributed by atoms with Gasteiger partial charge in [-0.2, -0.15) is 0 Å². The quantitative estimate of drug-likeness (QED) is 0.704. The molecule has 0 saturated heterocycles. The zero-order chi connectivity index (χ0) is 9.14. The van der Waals surface area contributed by atoms with Crippen molar-refractivity contribution in [3.63, 3.8) is 0 Å². The fraction of sp³-hybridized carbons (Fsp3) is 0.250. The Kier molecular flexibility index (Phi) is 3.56. The second-order valence-corrected chi connectivity index (χ2v) is 5.52. The maximum atomic E-state index is 11.3. The molecule has 0 amide bonds. The van der Waals surface area contributed by atoms with Gasteiger partial charge in [0, 0.05) is 4.90 Å². The SMILES string of the molecule is Cc1ccc([S@@](=O)C(Cl)Cl)cc1. The maximum absolute atomic E-state index is 11.3. The highest BCUT2D eigenvalue weighted by Crippen LogP contribution is 2.17. The molecule has 0 aliphatic heterocycles. The number of halogens is 2. The molecule has 0 saturated carbocycles. The van der Waals surface area contributed by atoms with Crippen molar-refractivity contribution in [3.8, 4) is 0 Å². The molecular weight excluding hydrogens is 215 g/mol. The van der Waals surface area contributed by atoms with Gasteiger partial charge in [0.05, 0.1) is 10.8 Å². The van der Waals surface area contributed by atoms with Gasteiger partial charge in [0.2, 0.25) is 0 Å². The fourth-order valence-corrected chi connectivity index (χ4v) is 2.00. The third-order valence-electron chi connectivity index (χ3n) is 1.42. The Morgan fingerprint density at radius 2 is 1.75 bits per heavy atom. The summed E-state index contributed by atoms with van der Waals surface area (Å²) in [5.41, 5.74) is 1.12. The Balaban J connectivity index is 2.90. The molecule has 0 radical (unpaired) electrons. The van der Waals surface area contributed by atoms with Crippen molar-refractivity contribution in [2.45, 2.75) is 16.0 Å². The molecule has 0 aliphatic rings. The smallest absolute Gasteiger partial charge is 0.186 e. The van der Waals surface area contributed by atoms with Crippen molar-refractivity contribution < 1.29 is 4.21 Å². The summed E-state index contributed by atoms with van der Waals surface area (Å²) in [5.74, 6) is 0. The number of benzene rings is 1. The van der Waals surface area contributed by atoms with Crippen LogP contribution in [-0.2, 0) is 10.8 Å². The van der Waals surface area contributed by atoms with Gasteiger partial charge in [0.1, 0.15) is 0 Å². The van der Waals surface area contributed by atoms with E-state index in [9.17, 15) is 4.21 Å². The van der Waals surface area contributed by atoms with Crippen LogP contribution in [0.3, 0.4) is 0 Å². The Morgan fingerprint density at radius 3 is 2.17 bits per heavy atom. The number of aryl methyl sites for hydroxylation is 1. The molecule has 0 N–H and O–H groups in total. The van der Waals surface area contributed by atoms with Crippen molar-refractivity contribution in [2.24, 2.45) is 0 Å². The summed E-state index contributed by atoms with van der Waals surface area (Å²) in [6.07, 6.45) is 0. The molecule has 1 atom stereocenters. The van der Waals surface area contributed by atoms with E-state index in [0.29, 0.717) is 4.90 Å². The minimum Gasteiger partial charge on any atom is -0.252 e. The van der Waals surface area contributed by atoms with Gasteiger partial charge in [0.15, 0.2) is 4.17 Å². The number of hydrogen-bond acceptors (Lipinski definition) is 1. The summed E-state index contributed by atoms with van der Waals surface area (Å²) >= 11 is 10.9. The number of alkyl halides is 2. The molecule has 1 aromatic carbocycles. The first kappa shape index (κ1) is 10.0. The molecule has 0 aliphatic carbocycles. The van der Waals surface area contributed by atoms with E-state index in [2.05, 4.69) is 0 Å². The summed E-state index contributed by atoms with van der Waals surface area (Å²) in [6.45, 7) is 1.96. The van der Waals surface area contributed by atoms with Crippen LogP contribution in [0.15, 0.2) is 29.2 Å². The summed E-state index contributed by atoms with van der Waals surface area (Å²) < 4.78 is 10.4. The van der Waals surface area contributed by atoms with E-state index >= 15 is 0 Å². The molecule has 0 unspecified atom stereocenters. The molecule has 4 heteroatoms. The highest BCUT2D eigenvalue weighted by atomic mass is 35.5. The molecule has 66 valence electrons. The average Bonchev–Trinajstić information content (AvgIpc) is 2.04. The van der Waals surface area contributed by atoms with Crippen LogP contribution >= 0.6 is 23.2 Å². The van der Waals surface area contributed by atoms with Crippen LogP contribution in [0.5, 0.6) is 0 Å². The van der Waals surface area contributed by atoms with Crippen molar-refractivity contribution in [1.82, 2.24) is 0 Å². The fourth-order valence-electron chi connectivity index (χ4n) is 0.775. The molecule has 0 aromatic heterocycles. The van der Waals surface area contributed by atoms with E-state index in [1.165, 1.54) is 0 Å². The predicted octanol–water partition coefficient (Wildman–Crippen LogP) is 2.86. The zero-order valence-electron chi connectivity index (χ0n) is 6.46. The van der Waals surface area contributed by atoms with Crippen molar-refractivity contribution in [2.75, 3.05) is 0 Å². The largest absolute Gasteiger partial charge is 0.252 e. The Hall–Kier alpha value is -0.0500. The summed E-state index contributed by atoms with van der Waals surface area (Å²) in [7, 11) is -1.31. The molecule has 0 bridgehead atoms. The molecule has 1 aromatic rings. The van der Waals surface area contributed by atoms with Gasteiger partial charge in [0.25, 0.3) is 0 Å². The van der Waals surface area contributed by atoms with Crippen LogP contribution in [0.2, 0.25) is 0 Å². The zero-order valence-corrected chi connectivity index (χ0v) is 8.79. The van der Waals surface area contributed by atoms with Crippen LogP contribution in [0.25, 0.3) is 0 Å². The Morgan fingerprint density at radius 1 is 1.25 bits per heavy atom. The summed E-state index contributed by atoms with van der Waals surface area (Å²) in [4.78, 5) is 0.663. The average molecular weight is 223 g/mol. The molecule has 0 heterocycles. The molecule has 12 heavy (non-hydrogen) atoms. The summed E-state index contributed by atoms with van der Waals surface area (Å²) in [6, 6.07) is 7.29. The van der Waals surface area contributed by atoms with E-state index in [4.69, 9.17) is 23.2 Å². The van der Waals surface area contributed by atoms with Crippen LogP contribution in [0.4, 0.5) is 0 Å². The van der Waals surface area contributed by atoms with Crippen molar-refractivity contribution in [1.29, 1.82) is 0 Å². The third-order valence-corrected chi connectivity index (χ3v) is 3.45. The van der Waals surface area contributed by atoms with Gasteiger partial charge >= 0.3 is 0 Å². The van der Waals surface area contributed by atoms with Gasteiger partial charge in [-0.3, -0.25) is 4.21 Å². The third kappa shape index (κ3) is 2.47. The van der Waals surface area contributed by atoms with Crippen LogP contribution < -0.4 is 0 Å². The molecule has 0 fully saturated rings. The van der Waals surface area contributed by atoms with E-state index in [0.717, 1.165) is 5.56 Å². The van der Waals surface area contributed by atoms with Crippen LogP contribution in [-0.4, -0.2) is 8.38 Å². The van der Waals surface area contributed by atoms with E-state index < -0.39 is 15.0 Å². The lowest BCUT2D eigenvalue weighted by Gasteiger charge is -2.01. The normalized spacial score (nSPS) is 13.3. The highest BCUT2D eigenvalue weighted by Gasteiger charge is 2.10. The highest BCUT2D eigenvalue weighted by molar-refractivity contribution is 7.88. The lowest BCUT2D eigenvalue weighted by molar-refractivity contribution is 0.685. The van der Waals surface area contributed by atoms with Crippen LogP contribution in [0, 0.1) is 6.92 Å². The molecule has 0 spiro atoms. The molecule has 1 rings (SSSR count). The monoisotopic (exact) mass is 222 g/mol. The first-order valence-corrected chi connectivity index (χ1v) is 5.45. The second-order valence-electron chi connectivity index (χ2n) is 2.37. The Labute approximate surface area is 84.1 Å². The standard InChI is InChI=1S/C8H8Cl2OS/c1-6-2-4-7(5-3-6)12(11)8(9)10/h2-5,8H,1H3/t12-/m1/s1. The minimum absolute atomic E-state index is 0.663. The van der Waals surface area contributed by atoms with E-state index in [-0.39, 0.29) is 0 Å².